The van der Waals surface area contributed by atoms with Gasteiger partial charge in [-0.1, -0.05) is 0 Å². The smallest absolute Gasteiger partial charge is 0.187 e. The number of ether oxygens (including phenoxy) is 8. The first-order chi connectivity index (χ1) is 14.0. The lowest BCUT2D eigenvalue weighted by Crippen LogP contribution is -2.40. The summed E-state index contributed by atoms with van der Waals surface area (Å²) >= 11 is 0. The topological polar surface area (TPSA) is 94.1 Å². The minimum absolute atomic E-state index is 0.0873. The Kier molecular flexibility index (Phi) is 5.06. The van der Waals surface area contributed by atoms with Crippen molar-refractivity contribution in [3.8, 4) is 0 Å². The average Bonchev–Trinajstić information content (AvgIpc) is 3.36. The van der Waals surface area contributed by atoms with Crippen molar-refractivity contribution in [3.63, 3.8) is 0 Å². The van der Waals surface area contributed by atoms with Gasteiger partial charge < -0.3 is 43.0 Å². The van der Waals surface area contributed by atoms with Gasteiger partial charge in [0, 0.05) is 5.92 Å². The largest absolute Gasteiger partial charge is 0.394 e. The number of rotatable bonds is 4. The molecule has 0 aliphatic carbocycles. The van der Waals surface area contributed by atoms with E-state index < -0.39 is 23.7 Å². The molecule has 5 fully saturated rings. The number of aliphatic hydroxyl groups excluding tert-OH is 1. The molecule has 0 spiro atoms. The first kappa shape index (κ1) is 21.5. The van der Waals surface area contributed by atoms with Crippen LogP contribution in [0.5, 0.6) is 0 Å². The molecule has 9 heteroatoms. The second-order valence-electron chi connectivity index (χ2n) is 10.3. The zero-order chi connectivity index (χ0) is 21.5. The summed E-state index contributed by atoms with van der Waals surface area (Å²) in [5.41, 5.74) is 0. The fraction of sp³-hybridized carbons (Fsp3) is 1.00. The molecule has 172 valence electrons. The Hall–Kier alpha value is -0.360. The lowest BCUT2D eigenvalue weighted by atomic mass is 9.89. The Morgan fingerprint density at radius 2 is 1.37 bits per heavy atom. The second-order valence-corrected chi connectivity index (χ2v) is 10.3. The molecule has 5 aliphatic rings. The van der Waals surface area contributed by atoms with Gasteiger partial charge in [0.2, 0.25) is 0 Å². The molecule has 5 rings (SSSR count). The van der Waals surface area contributed by atoms with Crippen molar-refractivity contribution in [1.29, 1.82) is 0 Å². The highest BCUT2D eigenvalue weighted by atomic mass is 16.8. The fourth-order valence-electron chi connectivity index (χ4n) is 5.45. The minimum atomic E-state index is -0.717. The standard InChI is InChI=1S/C21H34O9/c1-19(2)23-9-13(26-19)15-17-16(28-20(3,4)29-17)11(24-15)7-10-12(8-22)25-18-14(10)27-21(5,6)30-18/h10-18,22H,7-9H2,1-6H3/t10?,11?,12-,13?,14-,15-,16-,17+,18?/m1/s1. The van der Waals surface area contributed by atoms with Gasteiger partial charge in [0.1, 0.15) is 30.5 Å². The average molecular weight is 430 g/mol. The van der Waals surface area contributed by atoms with Crippen LogP contribution in [-0.4, -0.2) is 84.7 Å². The van der Waals surface area contributed by atoms with Crippen LogP contribution in [0, 0.1) is 5.92 Å². The summed E-state index contributed by atoms with van der Waals surface area (Å²) in [6.07, 6.45) is -1.81. The van der Waals surface area contributed by atoms with Crippen LogP contribution in [-0.2, 0) is 37.9 Å². The molecule has 0 bridgehead atoms. The molecule has 9 nitrogen and oxygen atoms in total. The highest BCUT2D eigenvalue weighted by Gasteiger charge is 2.61. The molecule has 5 aliphatic heterocycles. The van der Waals surface area contributed by atoms with E-state index in [0.29, 0.717) is 13.0 Å². The van der Waals surface area contributed by atoms with Crippen LogP contribution < -0.4 is 0 Å². The van der Waals surface area contributed by atoms with Gasteiger partial charge in [-0.3, -0.25) is 0 Å². The molecule has 0 aromatic heterocycles. The van der Waals surface area contributed by atoms with E-state index >= 15 is 0 Å². The van der Waals surface area contributed by atoms with E-state index in [0.717, 1.165) is 0 Å². The van der Waals surface area contributed by atoms with E-state index in [1.54, 1.807) is 0 Å². The molecule has 9 atom stereocenters. The van der Waals surface area contributed by atoms with Crippen molar-refractivity contribution >= 4 is 0 Å². The summed E-state index contributed by atoms with van der Waals surface area (Å²) in [4.78, 5) is 0. The van der Waals surface area contributed by atoms with Crippen LogP contribution in [0.3, 0.4) is 0 Å². The molecule has 5 saturated heterocycles. The summed E-state index contributed by atoms with van der Waals surface area (Å²) in [5, 5.41) is 9.88. The normalized spacial score (nSPS) is 50.7. The summed E-state index contributed by atoms with van der Waals surface area (Å²) in [6, 6.07) is 0. The van der Waals surface area contributed by atoms with Gasteiger partial charge in [-0.05, 0) is 48.0 Å². The second kappa shape index (κ2) is 7.07. The molecule has 0 amide bonds. The van der Waals surface area contributed by atoms with Crippen LogP contribution in [0.2, 0.25) is 0 Å². The SMILES string of the molecule is CC1(C)OCC([C@H]2OC(CC3[C@H]4OC(C)(C)OC4O[C@@H]3CO)[C@H]3OC(C)(C)O[C@@H]23)O1. The maximum absolute atomic E-state index is 9.88. The van der Waals surface area contributed by atoms with Crippen LogP contribution >= 0.6 is 0 Å². The van der Waals surface area contributed by atoms with Gasteiger partial charge in [-0.25, -0.2) is 0 Å². The van der Waals surface area contributed by atoms with Crippen LogP contribution in [0.15, 0.2) is 0 Å². The Morgan fingerprint density at radius 3 is 2.03 bits per heavy atom. The first-order valence-electron chi connectivity index (χ1n) is 10.9. The molecule has 0 radical (unpaired) electrons. The van der Waals surface area contributed by atoms with Crippen molar-refractivity contribution in [2.45, 2.75) is 114 Å². The molecule has 0 saturated carbocycles. The summed E-state index contributed by atoms with van der Waals surface area (Å²) in [7, 11) is 0. The molecule has 1 N–H and O–H groups in total. The summed E-state index contributed by atoms with van der Waals surface area (Å²) in [6.45, 7) is 11.7. The lowest BCUT2D eigenvalue weighted by Gasteiger charge is -2.29. The van der Waals surface area contributed by atoms with E-state index in [4.69, 9.17) is 37.9 Å². The third-order valence-electron chi connectivity index (χ3n) is 6.56. The van der Waals surface area contributed by atoms with Crippen molar-refractivity contribution in [3.05, 3.63) is 0 Å². The predicted octanol–water partition coefficient (Wildman–Crippen LogP) is 1.30. The van der Waals surface area contributed by atoms with E-state index in [1.165, 1.54) is 0 Å². The Labute approximate surface area is 177 Å². The van der Waals surface area contributed by atoms with E-state index in [9.17, 15) is 5.11 Å². The Bertz CT molecular complexity index is 665. The van der Waals surface area contributed by atoms with Crippen molar-refractivity contribution in [2.24, 2.45) is 5.92 Å². The van der Waals surface area contributed by atoms with E-state index in [2.05, 4.69) is 0 Å². The van der Waals surface area contributed by atoms with E-state index in [1.807, 2.05) is 41.5 Å². The number of hydrogen-bond acceptors (Lipinski definition) is 9. The minimum Gasteiger partial charge on any atom is -0.394 e. The molecule has 30 heavy (non-hydrogen) atoms. The first-order valence-corrected chi connectivity index (χ1v) is 10.9. The van der Waals surface area contributed by atoms with Crippen molar-refractivity contribution in [1.82, 2.24) is 0 Å². The lowest BCUT2D eigenvalue weighted by molar-refractivity contribution is -0.219. The van der Waals surface area contributed by atoms with Gasteiger partial charge in [-0.2, -0.15) is 0 Å². The third kappa shape index (κ3) is 3.72. The van der Waals surface area contributed by atoms with Gasteiger partial charge in [0.25, 0.3) is 0 Å². The van der Waals surface area contributed by atoms with E-state index in [-0.39, 0.29) is 55.3 Å². The molecular weight excluding hydrogens is 396 g/mol. The van der Waals surface area contributed by atoms with Crippen LogP contribution in [0.25, 0.3) is 0 Å². The quantitative estimate of drug-likeness (QED) is 0.708. The Balaban J connectivity index is 1.35. The summed E-state index contributed by atoms with van der Waals surface area (Å²) in [5.74, 6) is -2.16. The maximum atomic E-state index is 9.88. The predicted molar refractivity (Wildman–Crippen MR) is 101 cm³/mol. The Morgan fingerprint density at radius 1 is 0.700 bits per heavy atom. The van der Waals surface area contributed by atoms with Crippen LogP contribution in [0.1, 0.15) is 48.0 Å². The molecule has 0 aromatic rings. The maximum Gasteiger partial charge on any atom is 0.187 e. The monoisotopic (exact) mass is 430 g/mol. The van der Waals surface area contributed by atoms with Crippen LogP contribution in [0.4, 0.5) is 0 Å². The van der Waals surface area contributed by atoms with Crippen molar-refractivity contribution in [2.75, 3.05) is 13.2 Å². The van der Waals surface area contributed by atoms with Gasteiger partial charge in [-0.15, -0.1) is 0 Å². The highest BCUT2D eigenvalue weighted by Crippen LogP contribution is 2.47. The number of hydrogen-bond donors (Lipinski definition) is 1. The van der Waals surface area contributed by atoms with Gasteiger partial charge in [0.05, 0.1) is 25.4 Å². The highest BCUT2D eigenvalue weighted by molar-refractivity contribution is 5.04. The molecule has 4 unspecified atom stereocenters. The third-order valence-corrected chi connectivity index (χ3v) is 6.56. The van der Waals surface area contributed by atoms with Gasteiger partial charge >= 0.3 is 0 Å². The summed E-state index contributed by atoms with van der Waals surface area (Å²) < 4.78 is 48.6. The number of fused-ring (bicyclic) bond motifs is 2. The zero-order valence-electron chi connectivity index (χ0n) is 18.5. The molecule has 5 heterocycles. The zero-order valence-corrected chi connectivity index (χ0v) is 18.5. The molecule has 0 aromatic carbocycles. The fourth-order valence-corrected chi connectivity index (χ4v) is 5.45. The molecular formula is C21H34O9. The number of aliphatic hydroxyl groups is 1. The van der Waals surface area contributed by atoms with Crippen molar-refractivity contribution < 1.29 is 43.0 Å². The van der Waals surface area contributed by atoms with Gasteiger partial charge in [0.15, 0.2) is 23.7 Å².